The third kappa shape index (κ3) is 2.07. The van der Waals surface area contributed by atoms with E-state index in [-0.39, 0.29) is 22.6 Å². The second-order valence-electron chi connectivity index (χ2n) is 5.62. The van der Waals surface area contributed by atoms with Crippen LogP contribution in [-0.2, 0) is 0 Å². The molecular formula is C13H17NO5. The zero-order valence-electron chi connectivity index (χ0n) is 11.0. The van der Waals surface area contributed by atoms with Gasteiger partial charge in [-0.1, -0.05) is 0 Å². The number of rotatable bonds is 0. The van der Waals surface area contributed by atoms with E-state index >= 15 is 0 Å². The monoisotopic (exact) mass is 267 g/mol. The van der Waals surface area contributed by atoms with Crippen molar-refractivity contribution in [2.75, 3.05) is 0 Å². The molecule has 0 saturated heterocycles. The van der Waals surface area contributed by atoms with Crippen molar-refractivity contribution >= 4 is 5.78 Å². The summed E-state index contributed by atoms with van der Waals surface area (Å²) in [5.74, 6) is -1.34. The molecule has 1 aliphatic rings. The van der Waals surface area contributed by atoms with Gasteiger partial charge in [0, 0.05) is 22.7 Å². The molecule has 2 unspecified atom stereocenters. The highest BCUT2D eigenvalue weighted by Gasteiger charge is 2.45. The predicted octanol–water partition coefficient (Wildman–Crippen LogP) is 0.704. The van der Waals surface area contributed by atoms with Gasteiger partial charge in [-0.05, 0) is 26.8 Å². The number of hydrogen-bond donors (Lipinski definition) is 4. The molecule has 6 heteroatoms. The number of ketones is 1. The van der Waals surface area contributed by atoms with Crippen molar-refractivity contribution in [1.82, 2.24) is 4.90 Å². The third-order valence-electron chi connectivity index (χ3n) is 3.20. The standard InChI is InChI=1S/C13H17NO5/c1-13(2,3)14-11(18)9-7(10(17)12(14)19)4-6(15)5-8(9)16/h4-5,11-12,15-16,18-19H,1-3H3. The molecule has 2 atom stereocenters. The van der Waals surface area contributed by atoms with Gasteiger partial charge in [0.15, 0.2) is 6.23 Å². The maximum Gasteiger partial charge on any atom is 0.207 e. The van der Waals surface area contributed by atoms with Crippen molar-refractivity contribution in [3.63, 3.8) is 0 Å². The van der Waals surface area contributed by atoms with Crippen LogP contribution < -0.4 is 0 Å². The summed E-state index contributed by atoms with van der Waals surface area (Å²) >= 11 is 0. The molecule has 1 heterocycles. The minimum absolute atomic E-state index is 0.00280. The Morgan fingerprint density at radius 1 is 1.11 bits per heavy atom. The van der Waals surface area contributed by atoms with Gasteiger partial charge in [0.25, 0.3) is 0 Å². The van der Waals surface area contributed by atoms with E-state index in [0.29, 0.717) is 0 Å². The highest BCUT2D eigenvalue weighted by atomic mass is 16.3. The van der Waals surface area contributed by atoms with E-state index in [1.165, 1.54) is 4.90 Å². The Morgan fingerprint density at radius 2 is 1.68 bits per heavy atom. The largest absolute Gasteiger partial charge is 0.508 e. The van der Waals surface area contributed by atoms with Crippen LogP contribution in [0.2, 0.25) is 0 Å². The molecule has 0 bridgehead atoms. The summed E-state index contributed by atoms with van der Waals surface area (Å²) < 4.78 is 0. The molecule has 104 valence electrons. The predicted molar refractivity (Wildman–Crippen MR) is 66.7 cm³/mol. The highest BCUT2D eigenvalue weighted by molar-refractivity contribution is 6.02. The number of aliphatic hydroxyl groups is 2. The summed E-state index contributed by atoms with van der Waals surface area (Å²) in [5, 5.41) is 39.5. The summed E-state index contributed by atoms with van der Waals surface area (Å²) in [4.78, 5) is 13.3. The Labute approximate surface area is 110 Å². The Bertz CT molecular complexity index is 535. The van der Waals surface area contributed by atoms with Gasteiger partial charge in [-0.3, -0.25) is 4.79 Å². The van der Waals surface area contributed by atoms with E-state index in [1.807, 2.05) is 0 Å². The minimum atomic E-state index is -1.52. The second-order valence-corrected chi connectivity index (χ2v) is 5.62. The number of hydrogen-bond acceptors (Lipinski definition) is 6. The molecule has 6 nitrogen and oxygen atoms in total. The summed E-state index contributed by atoms with van der Waals surface area (Å²) in [6.07, 6.45) is -2.85. The first-order valence-corrected chi connectivity index (χ1v) is 5.89. The fourth-order valence-electron chi connectivity index (χ4n) is 2.37. The van der Waals surface area contributed by atoms with Crippen molar-refractivity contribution in [2.24, 2.45) is 0 Å². The van der Waals surface area contributed by atoms with Crippen LogP contribution in [-0.4, -0.2) is 42.9 Å². The van der Waals surface area contributed by atoms with E-state index in [4.69, 9.17) is 0 Å². The first-order valence-electron chi connectivity index (χ1n) is 5.89. The van der Waals surface area contributed by atoms with E-state index in [0.717, 1.165) is 12.1 Å². The summed E-state index contributed by atoms with van der Waals surface area (Å²) in [6, 6.07) is 2.18. The average molecular weight is 267 g/mol. The Hall–Kier alpha value is -1.63. The molecule has 2 rings (SSSR count). The van der Waals surface area contributed by atoms with Gasteiger partial charge in [-0.15, -0.1) is 0 Å². The number of carbonyl (C=O) groups excluding carboxylic acids is 1. The fourth-order valence-corrected chi connectivity index (χ4v) is 2.37. The zero-order chi connectivity index (χ0) is 14.5. The first-order chi connectivity index (χ1) is 8.64. The lowest BCUT2D eigenvalue weighted by Gasteiger charge is -2.44. The van der Waals surface area contributed by atoms with Crippen LogP contribution in [0, 0.1) is 0 Å². The minimum Gasteiger partial charge on any atom is -0.508 e. The lowest BCUT2D eigenvalue weighted by Crippen LogP contribution is -2.56. The van der Waals surface area contributed by atoms with Gasteiger partial charge < -0.3 is 20.4 Å². The van der Waals surface area contributed by atoms with Gasteiger partial charge in [-0.25, -0.2) is 4.90 Å². The second kappa shape index (κ2) is 4.19. The van der Waals surface area contributed by atoms with Gasteiger partial charge in [0.1, 0.15) is 17.7 Å². The SMILES string of the molecule is CC(C)(C)N1C(O)C(=O)c2cc(O)cc(O)c2C1O. The lowest BCUT2D eigenvalue weighted by atomic mass is 9.90. The molecule has 19 heavy (non-hydrogen) atoms. The van der Waals surface area contributed by atoms with Crippen LogP contribution in [0.4, 0.5) is 0 Å². The zero-order valence-corrected chi connectivity index (χ0v) is 11.0. The van der Waals surface area contributed by atoms with Gasteiger partial charge in [0.05, 0.1) is 0 Å². The van der Waals surface area contributed by atoms with Crippen LogP contribution in [0.5, 0.6) is 11.5 Å². The molecule has 1 aromatic rings. The number of phenolic OH excluding ortho intramolecular Hbond substituents is 2. The molecule has 0 spiro atoms. The number of benzene rings is 1. The van der Waals surface area contributed by atoms with Crippen LogP contribution >= 0.6 is 0 Å². The number of Topliss-reactive ketones (excluding diaryl/α,β-unsaturated/α-hetero) is 1. The van der Waals surface area contributed by atoms with E-state index in [9.17, 15) is 25.2 Å². The molecule has 0 saturated carbocycles. The molecule has 1 aliphatic heterocycles. The average Bonchev–Trinajstić information content (AvgIpc) is 2.23. The number of aromatic hydroxyl groups is 2. The number of carbonyl (C=O) groups is 1. The number of phenols is 2. The smallest absolute Gasteiger partial charge is 0.207 e. The van der Waals surface area contributed by atoms with Crippen molar-refractivity contribution in [2.45, 2.75) is 38.8 Å². The van der Waals surface area contributed by atoms with Crippen molar-refractivity contribution < 1.29 is 25.2 Å². The van der Waals surface area contributed by atoms with Gasteiger partial charge in [-0.2, -0.15) is 0 Å². The summed E-state index contributed by atoms with van der Waals surface area (Å²) in [5.41, 5.74) is -0.753. The maximum atomic E-state index is 12.1. The highest BCUT2D eigenvalue weighted by Crippen LogP contribution is 2.41. The third-order valence-corrected chi connectivity index (χ3v) is 3.20. The molecule has 0 amide bonds. The molecular weight excluding hydrogens is 250 g/mol. The van der Waals surface area contributed by atoms with E-state index in [2.05, 4.69) is 0 Å². The molecule has 0 radical (unpaired) electrons. The van der Waals surface area contributed by atoms with E-state index < -0.39 is 23.8 Å². The summed E-state index contributed by atoms with van der Waals surface area (Å²) in [7, 11) is 0. The molecule has 0 fully saturated rings. The van der Waals surface area contributed by atoms with Crippen molar-refractivity contribution in [3.05, 3.63) is 23.3 Å². The Balaban J connectivity index is 2.66. The van der Waals surface area contributed by atoms with Crippen molar-refractivity contribution in [1.29, 1.82) is 0 Å². The fraction of sp³-hybridized carbons (Fsp3) is 0.462. The van der Waals surface area contributed by atoms with Gasteiger partial charge in [0.2, 0.25) is 5.78 Å². The lowest BCUT2D eigenvalue weighted by molar-refractivity contribution is -0.137. The van der Waals surface area contributed by atoms with Crippen LogP contribution in [0.3, 0.4) is 0 Å². The maximum absolute atomic E-state index is 12.1. The van der Waals surface area contributed by atoms with Crippen LogP contribution in [0.15, 0.2) is 12.1 Å². The Kier molecular flexibility index (Phi) is 3.04. The topological polar surface area (TPSA) is 101 Å². The number of fused-ring (bicyclic) bond motifs is 1. The molecule has 4 N–H and O–H groups in total. The normalized spacial score (nSPS) is 24.4. The van der Waals surface area contributed by atoms with Gasteiger partial charge >= 0.3 is 0 Å². The van der Waals surface area contributed by atoms with E-state index in [1.54, 1.807) is 20.8 Å². The van der Waals surface area contributed by atoms with Crippen molar-refractivity contribution in [3.8, 4) is 11.5 Å². The quantitative estimate of drug-likeness (QED) is 0.552. The molecule has 0 aliphatic carbocycles. The van der Waals surface area contributed by atoms with Crippen LogP contribution in [0.1, 0.15) is 42.9 Å². The molecule has 0 aromatic heterocycles. The first kappa shape index (κ1) is 13.8. The molecule has 1 aromatic carbocycles. The summed E-state index contributed by atoms with van der Waals surface area (Å²) in [6.45, 7) is 5.19. The number of nitrogens with zero attached hydrogens (tertiary/aromatic N) is 1. The number of aliphatic hydroxyl groups excluding tert-OH is 2. The Morgan fingerprint density at radius 3 is 2.21 bits per heavy atom. The van der Waals surface area contributed by atoms with Crippen LogP contribution in [0.25, 0.3) is 0 Å².